The molecular weight excluding hydrogens is 262 g/mol. The van der Waals surface area contributed by atoms with Crippen LogP contribution in [0.3, 0.4) is 0 Å². The van der Waals surface area contributed by atoms with Gasteiger partial charge in [-0.05, 0) is 24.5 Å². The van der Waals surface area contributed by atoms with E-state index in [4.69, 9.17) is 0 Å². The number of sulfone groups is 1. The Morgan fingerprint density at radius 2 is 1.89 bits per heavy atom. The van der Waals surface area contributed by atoms with Gasteiger partial charge in [-0.15, -0.1) is 0 Å². The van der Waals surface area contributed by atoms with Gasteiger partial charge in [-0.3, -0.25) is 4.79 Å². The van der Waals surface area contributed by atoms with Crippen molar-refractivity contribution < 1.29 is 13.2 Å². The molecule has 2 heterocycles. The van der Waals surface area contributed by atoms with Gasteiger partial charge in [-0.1, -0.05) is 18.2 Å². The Morgan fingerprint density at radius 3 is 2.63 bits per heavy atom. The van der Waals surface area contributed by atoms with E-state index >= 15 is 0 Å². The standard InChI is InChI=1S/C14H15NO3S/c16-14(9-5-6-9)15-7-11-10-3-1-2-4-12(10)19(17,18)13(11)8-15/h1-4,9,11,13H,5-8H2/t11-,13-/m0/s1. The van der Waals surface area contributed by atoms with Crippen molar-refractivity contribution in [3.63, 3.8) is 0 Å². The van der Waals surface area contributed by atoms with E-state index in [9.17, 15) is 13.2 Å². The lowest BCUT2D eigenvalue weighted by Crippen LogP contribution is -2.32. The Balaban J connectivity index is 1.72. The fourth-order valence-electron chi connectivity index (χ4n) is 3.36. The highest BCUT2D eigenvalue weighted by atomic mass is 32.2. The number of amides is 1. The Labute approximate surface area is 112 Å². The molecule has 0 bridgehead atoms. The van der Waals surface area contributed by atoms with E-state index in [0.717, 1.165) is 18.4 Å². The number of carbonyl (C=O) groups excluding carboxylic acids is 1. The van der Waals surface area contributed by atoms with Crippen LogP contribution in [0.4, 0.5) is 0 Å². The number of benzene rings is 1. The molecule has 2 aliphatic heterocycles. The van der Waals surface area contributed by atoms with Crippen molar-refractivity contribution in [2.24, 2.45) is 5.92 Å². The largest absolute Gasteiger partial charge is 0.340 e. The van der Waals surface area contributed by atoms with Gasteiger partial charge in [-0.2, -0.15) is 0 Å². The van der Waals surface area contributed by atoms with Crippen molar-refractivity contribution >= 4 is 15.7 Å². The van der Waals surface area contributed by atoms with E-state index in [1.807, 2.05) is 12.1 Å². The summed E-state index contributed by atoms with van der Waals surface area (Å²) < 4.78 is 25.0. The molecule has 5 heteroatoms. The second kappa shape index (κ2) is 3.60. The number of likely N-dealkylation sites (tertiary alicyclic amines) is 1. The number of nitrogens with zero attached hydrogens (tertiary/aromatic N) is 1. The molecule has 2 atom stereocenters. The number of hydrogen-bond donors (Lipinski definition) is 0. The van der Waals surface area contributed by atoms with Gasteiger partial charge in [0.05, 0.1) is 10.1 Å². The highest BCUT2D eigenvalue weighted by Crippen LogP contribution is 2.45. The zero-order chi connectivity index (χ0) is 13.2. The summed E-state index contributed by atoms with van der Waals surface area (Å²) in [6.45, 7) is 0.938. The summed E-state index contributed by atoms with van der Waals surface area (Å²) in [4.78, 5) is 14.3. The lowest BCUT2D eigenvalue weighted by atomic mass is 9.99. The SMILES string of the molecule is O=C(C1CC1)N1C[C@H]2c3ccccc3S(=O)(=O)[C@H]2C1. The van der Waals surface area contributed by atoms with Crippen molar-refractivity contribution in [2.45, 2.75) is 28.9 Å². The molecule has 0 N–H and O–H groups in total. The summed E-state index contributed by atoms with van der Waals surface area (Å²) in [6.07, 6.45) is 1.93. The van der Waals surface area contributed by atoms with Gasteiger partial charge in [0.2, 0.25) is 5.91 Å². The predicted octanol–water partition coefficient (Wildman–Crippen LogP) is 1.18. The van der Waals surface area contributed by atoms with Crippen LogP contribution in [-0.2, 0) is 14.6 Å². The first-order valence-corrected chi connectivity index (χ1v) is 8.25. The van der Waals surface area contributed by atoms with E-state index < -0.39 is 15.1 Å². The molecule has 1 saturated carbocycles. The third-order valence-corrected chi connectivity index (χ3v) is 6.79. The average Bonchev–Trinajstić information content (AvgIpc) is 3.11. The number of hydrogen-bond acceptors (Lipinski definition) is 3. The fourth-order valence-corrected chi connectivity index (χ4v) is 5.55. The van der Waals surface area contributed by atoms with Crippen molar-refractivity contribution in [1.29, 1.82) is 0 Å². The molecule has 1 saturated heterocycles. The van der Waals surface area contributed by atoms with Crippen LogP contribution in [-0.4, -0.2) is 37.6 Å². The predicted molar refractivity (Wildman–Crippen MR) is 69.5 cm³/mol. The molecule has 0 radical (unpaired) electrons. The van der Waals surface area contributed by atoms with Crippen molar-refractivity contribution in [3.8, 4) is 0 Å². The highest BCUT2D eigenvalue weighted by molar-refractivity contribution is 7.92. The first-order chi connectivity index (χ1) is 9.09. The maximum absolute atomic E-state index is 12.5. The quantitative estimate of drug-likeness (QED) is 0.774. The van der Waals surface area contributed by atoms with Crippen LogP contribution >= 0.6 is 0 Å². The molecule has 1 aliphatic carbocycles. The molecule has 3 aliphatic rings. The summed E-state index contributed by atoms with van der Waals surface area (Å²) in [5.41, 5.74) is 0.901. The maximum Gasteiger partial charge on any atom is 0.225 e. The van der Waals surface area contributed by atoms with Gasteiger partial charge in [0.15, 0.2) is 9.84 Å². The first-order valence-electron chi connectivity index (χ1n) is 6.70. The van der Waals surface area contributed by atoms with Gasteiger partial charge in [-0.25, -0.2) is 8.42 Å². The van der Waals surface area contributed by atoms with Crippen LogP contribution in [0.2, 0.25) is 0 Å². The summed E-state index contributed by atoms with van der Waals surface area (Å²) >= 11 is 0. The Hall–Kier alpha value is -1.36. The van der Waals surface area contributed by atoms with E-state index in [2.05, 4.69) is 0 Å². The zero-order valence-corrected chi connectivity index (χ0v) is 11.3. The van der Waals surface area contributed by atoms with Crippen LogP contribution in [0.15, 0.2) is 29.2 Å². The molecule has 0 aromatic heterocycles. The second-order valence-corrected chi connectivity index (χ2v) is 7.88. The highest BCUT2D eigenvalue weighted by Gasteiger charge is 2.52. The molecule has 0 spiro atoms. The van der Waals surface area contributed by atoms with Crippen LogP contribution in [0, 0.1) is 5.92 Å². The van der Waals surface area contributed by atoms with Crippen molar-refractivity contribution in [1.82, 2.24) is 4.90 Å². The summed E-state index contributed by atoms with van der Waals surface area (Å²) in [5, 5.41) is -0.424. The minimum absolute atomic E-state index is 0.0242. The van der Waals surface area contributed by atoms with E-state index in [1.54, 1.807) is 17.0 Å². The average molecular weight is 277 g/mol. The van der Waals surface area contributed by atoms with E-state index in [-0.39, 0.29) is 17.7 Å². The minimum atomic E-state index is -3.25. The van der Waals surface area contributed by atoms with Gasteiger partial charge in [0, 0.05) is 24.9 Å². The molecule has 100 valence electrons. The fraction of sp³-hybridized carbons (Fsp3) is 0.500. The van der Waals surface area contributed by atoms with Crippen LogP contribution < -0.4 is 0 Å². The summed E-state index contributed by atoms with van der Waals surface area (Å²) in [5.74, 6) is 0.294. The van der Waals surface area contributed by atoms with Gasteiger partial charge in [0.1, 0.15) is 0 Å². The summed E-state index contributed by atoms with van der Waals surface area (Å²) in [7, 11) is -3.25. The smallest absolute Gasteiger partial charge is 0.225 e. The van der Waals surface area contributed by atoms with Gasteiger partial charge >= 0.3 is 0 Å². The van der Waals surface area contributed by atoms with Crippen LogP contribution in [0.5, 0.6) is 0 Å². The number of fused-ring (bicyclic) bond motifs is 3. The third kappa shape index (κ3) is 1.51. The van der Waals surface area contributed by atoms with Crippen molar-refractivity contribution in [2.75, 3.05) is 13.1 Å². The lowest BCUT2D eigenvalue weighted by molar-refractivity contribution is -0.131. The van der Waals surface area contributed by atoms with E-state index in [1.165, 1.54) is 0 Å². The molecular formula is C14H15NO3S. The Kier molecular flexibility index (Phi) is 2.17. The Bertz CT molecular complexity index is 663. The molecule has 19 heavy (non-hydrogen) atoms. The molecule has 0 unspecified atom stereocenters. The minimum Gasteiger partial charge on any atom is -0.340 e. The topological polar surface area (TPSA) is 54.5 Å². The van der Waals surface area contributed by atoms with Gasteiger partial charge < -0.3 is 4.90 Å². The van der Waals surface area contributed by atoms with Crippen molar-refractivity contribution in [3.05, 3.63) is 29.8 Å². The second-order valence-electron chi connectivity index (χ2n) is 5.75. The van der Waals surface area contributed by atoms with Crippen LogP contribution in [0.25, 0.3) is 0 Å². The monoisotopic (exact) mass is 277 g/mol. The lowest BCUT2D eigenvalue weighted by Gasteiger charge is -2.17. The first kappa shape index (κ1) is 11.5. The van der Waals surface area contributed by atoms with E-state index in [0.29, 0.717) is 18.0 Å². The normalized spacial score (nSPS) is 31.1. The molecule has 1 aromatic carbocycles. The summed E-state index contributed by atoms with van der Waals surface area (Å²) in [6, 6.07) is 7.23. The van der Waals surface area contributed by atoms with Gasteiger partial charge in [0.25, 0.3) is 0 Å². The number of carbonyl (C=O) groups is 1. The molecule has 4 nitrogen and oxygen atoms in total. The zero-order valence-electron chi connectivity index (χ0n) is 10.5. The molecule has 1 amide bonds. The molecule has 2 fully saturated rings. The molecule has 1 aromatic rings. The molecule has 4 rings (SSSR count). The Morgan fingerprint density at radius 1 is 1.16 bits per heavy atom. The third-order valence-electron chi connectivity index (χ3n) is 4.53. The maximum atomic E-state index is 12.5. The number of rotatable bonds is 1. The van der Waals surface area contributed by atoms with Crippen LogP contribution in [0.1, 0.15) is 24.3 Å².